The molecule has 0 aromatic heterocycles. The summed E-state index contributed by atoms with van der Waals surface area (Å²) in [6.07, 6.45) is 8.39. The Morgan fingerprint density at radius 1 is 1.19 bits per heavy atom. The van der Waals surface area contributed by atoms with E-state index in [1.165, 1.54) is 45.1 Å². The van der Waals surface area contributed by atoms with Crippen LogP contribution in [0.25, 0.3) is 0 Å². The molecular formula is C14H28BrN. The van der Waals surface area contributed by atoms with E-state index in [-0.39, 0.29) is 0 Å². The molecule has 0 heterocycles. The standard InChI is InChI=1S/C14H28BrN/c1-12-4-6-14(7-5-12)16(3)11-9-13(2)8-10-15/h12-14H,4-11H2,1-3H3. The molecule has 96 valence electrons. The average molecular weight is 290 g/mol. The van der Waals surface area contributed by atoms with Gasteiger partial charge in [0, 0.05) is 11.4 Å². The molecule has 0 aliphatic heterocycles. The summed E-state index contributed by atoms with van der Waals surface area (Å²) in [6.45, 7) is 6.06. The van der Waals surface area contributed by atoms with Crippen LogP contribution in [0.4, 0.5) is 0 Å². The van der Waals surface area contributed by atoms with Crippen molar-refractivity contribution in [3.05, 3.63) is 0 Å². The van der Waals surface area contributed by atoms with E-state index in [0.29, 0.717) is 0 Å². The van der Waals surface area contributed by atoms with E-state index in [1.54, 1.807) is 0 Å². The second-order valence-corrected chi connectivity index (χ2v) is 6.56. The van der Waals surface area contributed by atoms with Gasteiger partial charge in [0.1, 0.15) is 0 Å². The summed E-state index contributed by atoms with van der Waals surface area (Å²) in [5.41, 5.74) is 0. The lowest BCUT2D eigenvalue weighted by Gasteiger charge is -2.34. The smallest absolute Gasteiger partial charge is 0.00924 e. The number of hydrogen-bond donors (Lipinski definition) is 0. The van der Waals surface area contributed by atoms with Crippen LogP contribution >= 0.6 is 15.9 Å². The van der Waals surface area contributed by atoms with Gasteiger partial charge in [0.15, 0.2) is 0 Å². The molecule has 16 heavy (non-hydrogen) atoms. The maximum absolute atomic E-state index is 3.53. The fraction of sp³-hybridized carbons (Fsp3) is 1.00. The van der Waals surface area contributed by atoms with E-state index in [2.05, 4.69) is 41.7 Å². The summed E-state index contributed by atoms with van der Waals surface area (Å²) < 4.78 is 0. The molecule has 0 amide bonds. The van der Waals surface area contributed by atoms with Crippen LogP contribution in [0.3, 0.4) is 0 Å². The zero-order valence-electron chi connectivity index (χ0n) is 11.2. The Balaban J connectivity index is 2.16. The van der Waals surface area contributed by atoms with Crippen molar-refractivity contribution in [3.63, 3.8) is 0 Å². The first-order valence-corrected chi connectivity index (χ1v) is 8.01. The summed E-state index contributed by atoms with van der Waals surface area (Å²) in [6, 6.07) is 0.868. The van der Waals surface area contributed by atoms with Crippen molar-refractivity contribution >= 4 is 15.9 Å². The molecule has 1 saturated carbocycles. The van der Waals surface area contributed by atoms with Crippen LogP contribution in [0.15, 0.2) is 0 Å². The van der Waals surface area contributed by atoms with Gasteiger partial charge < -0.3 is 4.90 Å². The molecule has 0 saturated heterocycles. The van der Waals surface area contributed by atoms with E-state index in [1.807, 2.05) is 0 Å². The second kappa shape index (κ2) is 7.71. The first-order valence-electron chi connectivity index (χ1n) is 6.89. The van der Waals surface area contributed by atoms with Crippen molar-refractivity contribution < 1.29 is 0 Å². The van der Waals surface area contributed by atoms with Gasteiger partial charge in [0.05, 0.1) is 0 Å². The van der Waals surface area contributed by atoms with Gasteiger partial charge in [0.25, 0.3) is 0 Å². The molecule has 2 heteroatoms. The highest BCUT2D eigenvalue weighted by Gasteiger charge is 2.21. The van der Waals surface area contributed by atoms with Crippen LogP contribution in [-0.4, -0.2) is 29.9 Å². The second-order valence-electron chi connectivity index (χ2n) is 5.77. The van der Waals surface area contributed by atoms with Gasteiger partial charge in [0.2, 0.25) is 0 Å². The fourth-order valence-corrected chi connectivity index (χ4v) is 3.40. The third-order valence-corrected chi connectivity index (χ3v) is 4.64. The zero-order valence-corrected chi connectivity index (χ0v) is 12.8. The van der Waals surface area contributed by atoms with Crippen molar-refractivity contribution in [3.8, 4) is 0 Å². The molecule has 0 spiro atoms. The van der Waals surface area contributed by atoms with Gasteiger partial charge in [-0.05, 0) is 64.0 Å². The van der Waals surface area contributed by atoms with Crippen LogP contribution in [-0.2, 0) is 0 Å². The molecular weight excluding hydrogens is 262 g/mol. The Labute approximate surface area is 110 Å². The number of nitrogens with zero attached hydrogens (tertiary/aromatic N) is 1. The molecule has 1 nitrogen and oxygen atoms in total. The summed E-state index contributed by atoms with van der Waals surface area (Å²) in [7, 11) is 2.32. The minimum atomic E-state index is 0.865. The Morgan fingerprint density at radius 3 is 2.38 bits per heavy atom. The predicted molar refractivity (Wildman–Crippen MR) is 76.2 cm³/mol. The molecule has 1 aliphatic rings. The van der Waals surface area contributed by atoms with Gasteiger partial charge in [-0.2, -0.15) is 0 Å². The molecule has 1 atom stereocenters. The van der Waals surface area contributed by atoms with Crippen LogP contribution in [0, 0.1) is 11.8 Å². The number of alkyl halides is 1. The highest BCUT2D eigenvalue weighted by Crippen LogP contribution is 2.26. The van der Waals surface area contributed by atoms with Crippen LogP contribution in [0.1, 0.15) is 52.4 Å². The zero-order chi connectivity index (χ0) is 12.0. The Bertz CT molecular complexity index is 176. The molecule has 0 bridgehead atoms. The fourth-order valence-electron chi connectivity index (χ4n) is 2.62. The SMILES string of the molecule is CC1CCC(N(C)CCC(C)CCBr)CC1. The summed E-state index contributed by atoms with van der Waals surface area (Å²) in [5, 5.41) is 1.15. The highest BCUT2D eigenvalue weighted by atomic mass is 79.9. The average Bonchev–Trinajstić information content (AvgIpc) is 2.27. The number of rotatable bonds is 6. The summed E-state index contributed by atoms with van der Waals surface area (Å²) in [4.78, 5) is 2.61. The quantitative estimate of drug-likeness (QED) is 0.659. The molecule has 1 unspecified atom stereocenters. The monoisotopic (exact) mass is 289 g/mol. The molecule has 0 aromatic rings. The van der Waals surface area contributed by atoms with Crippen LogP contribution < -0.4 is 0 Å². The molecule has 0 radical (unpaired) electrons. The number of hydrogen-bond acceptors (Lipinski definition) is 1. The van der Waals surface area contributed by atoms with Gasteiger partial charge in [-0.3, -0.25) is 0 Å². The topological polar surface area (TPSA) is 3.24 Å². The van der Waals surface area contributed by atoms with E-state index < -0.39 is 0 Å². The Morgan fingerprint density at radius 2 is 1.81 bits per heavy atom. The van der Waals surface area contributed by atoms with Gasteiger partial charge in [-0.15, -0.1) is 0 Å². The van der Waals surface area contributed by atoms with E-state index in [9.17, 15) is 0 Å². The maximum Gasteiger partial charge on any atom is 0.00924 e. The molecule has 0 N–H and O–H groups in total. The van der Waals surface area contributed by atoms with Crippen LogP contribution in [0.2, 0.25) is 0 Å². The van der Waals surface area contributed by atoms with Crippen molar-refractivity contribution in [1.29, 1.82) is 0 Å². The van der Waals surface area contributed by atoms with Gasteiger partial charge in [-0.25, -0.2) is 0 Å². The van der Waals surface area contributed by atoms with E-state index in [0.717, 1.165) is 23.2 Å². The maximum atomic E-state index is 3.53. The highest BCUT2D eigenvalue weighted by molar-refractivity contribution is 9.09. The Hall–Kier alpha value is 0.440. The van der Waals surface area contributed by atoms with Crippen LogP contribution in [0.5, 0.6) is 0 Å². The van der Waals surface area contributed by atoms with E-state index in [4.69, 9.17) is 0 Å². The predicted octanol–water partition coefficient (Wildman–Crippen LogP) is 4.31. The lowest BCUT2D eigenvalue weighted by Crippen LogP contribution is -2.36. The lowest BCUT2D eigenvalue weighted by atomic mass is 9.86. The first kappa shape index (κ1) is 14.5. The normalized spacial score (nSPS) is 28.3. The lowest BCUT2D eigenvalue weighted by molar-refractivity contribution is 0.162. The van der Waals surface area contributed by atoms with E-state index >= 15 is 0 Å². The largest absolute Gasteiger partial charge is 0.303 e. The molecule has 1 rings (SSSR count). The van der Waals surface area contributed by atoms with Crippen molar-refractivity contribution in [2.45, 2.75) is 58.4 Å². The van der Waals surface area contributed by atoms with Crippen molar-refractivity contribution in [2.24, 2.45) is 11.8 Å². The minimum Gasteiger partial charge on any atom is -0.303 e. The molecule has 0 aromatic carbocycles. The summed E-state index contributed by atoms with van der Waals surface area (Å²) >= 11 is 3.53. The molecule has 1 aliphatic carbocycles. The summed E-state index contributed by atoms with van der Waals surface area (Å²) in [5.74, 6) is 1.83. The first-order chi connectivity index (χ1) is 7.63. The van der Waals surface area contributed by atoms with Gasteiger partial charge >= 0.3 is 0 Å². The van der Waals surface area contributed by atoms with Crippen molar-refractivity contribution in [1.82, 2.24) is 4.90 Å². The number of halogens is 1. The van der Waals surface area contributed by atoms with Gasteiger partial charge in [-0.1, -0.05) is 29.8 Å². The Kier molecular flexibility index (Phi) is 6.98. The molecule has 1 fully saturated rings. The minimum absolute atomic E-state index is 0.865. The third kappa shape index (κ3) is 5.18. The third-order valence-electron chi connectivity index (χ3n) is 4.19. The van der Waals surface area contributed by atoms with Crippen molar-refractivity contribution in [2.75, 3.05) is 18.9 Å².